The molecule has 0 bridgehead atoms. The Labute approximate surface area is 173 Å². The predicted molar refractivity (Wildman–Crippen MR) is 113 cm³/mol. The second kappa shape index (κ2) is 9.84. The molecule has 0 radical (unpaired) electrons. The molecule has 7 nitrogen and oxygen atoms in total. The molecule has 1 saturated heterocycles. The SMILES string of the molecule is CCCCN1CCCCC1CNC(=O)CCc1c(C)nc2c(C#N)cnn2c1C. The molecule has 0 aliphatic carbocycles. The number of carbonyl (C=O) groups excluding carboxylic acids is 1. The van der Waals surface area contributed by atoms with Crippen LogP contribution in [-0.4, -0.2) is 51.1 Å². The first-order valence-electron chi connectivity index (χ1n) is 10.8. The number of piperidine rings is 1. The molecule has 1 aliphatic rings. The third-order valence-electron chi connectivity index (χ3n) is 6.01. The fourth-order valence-corrected chi connectivity index (χ4v) is 4.26. The molecule has 0 aromatic carbocycles. The maximum Gasteiger partial charge on any atom is 0.220 e. The topological polar surface area (TPSA) is 86.3 Å². The minimum Gasteiger partial charge on any atom is -0.355 e. The summed E-state index contributed by atoms with van der Waals surface area (Å²) in [6.45, 7) is 9.15. The number of likely N-dealkylation sites (tertiary alicyclic amines) is 1. The van der Waals surface area contributed by atoms with Gasteiger partial charge in [0.05, 0.1) is 6.20 Å². The Hall–Kier alpha value is -2.46. The van der Waals surface area contributed by atoms with Gasteiger partial charge in [-0.15, -0.1) is 0 Å². The van der Waals surface area contributed by atoms with E-state index in [1.165, 1.54) is 32.1 Å². The van der Waals surface area contributed by atoms with E-state index in [0.29, 0.717) is 30.1 Å². The summed E-state index contributed by atoms with van der Waals surface area (Å²) in [6, 6.07) is 2.59. The Kier molecular flexibility index (Phi) is 7.21. The van der Waals surface area contributed by atoms with Crippen molar-refractivity contribution >= 4 is 11.6 Å². The average Bonchev–Trinajstić information content (AvgIpc) is 3.14. The summed E-state index contributed by atoms with van der Waals surface area (Å²) in [7, 11) is 0. The van der Waals surface area contributed by atoms with Crippen LogP contribution in [0.15, 0.2) is 6.20 Å². The van der Waals surface area contributed by atoms with Crippen LogP contribution in [0.1, 0.15) is 68.0 Å². The van der Waals surface area contributed by atoms with E-state index < -0.39 is 0 Å². The fourth-order valence-electron chi connectivity index (χ4n) is 4.26. The van der Waals surface area contributed by atoms with E-state index in [4.69, 9.17) is 0 Å². The molecule has 3 rings (SSSR count). The third kappa shape index (κ3) is 4.94. The van der Waals surface area contributed by atoms with Crippen molar-refractivity contribution < 1.29 is 4.79 Å². The maximum atomic E-state index is 12.5. The van der Waals surface area contributed by atoms with Crippen molar-refractivity contribution in [1.82, 2.24) is 24.8 Å². The van der Waals surface area contributed by atoms with Crippen LogP contribution in [0.4, 0.5) is 0 Å². The number of aryl methyl sites for hydroxylation is 2. The number of aromatic nitrogens is 3. The van der Waals surface area contributed by atoms with Crippen LogP contribution < -0.4 is 5.32 Å². The lowest BCUT2D eigenvalue weighted by Gasteiger charge is -2.35. The number of unbranched alkanes of at least 4 members (excludes halogenated alkanes) is 1. The molecular formula is C22H32N6O. The van der Waals surface area contributed by atoms with Crippen molar-refractivity contribution in [3.63, 3.8) is 0 Å². The van der Waals surface area contributed by atoms with Gasteiger partial charge >= 0.3 is 0 Å². The highest BCUT2D eigenvalue weighted by Crippen LogP contribution is 2.19. The zero-order chi connectivity index (χ0) is 20.8. The van der Waals surface area contributed by atoms with Gasteiger partial charge in [0.15, 0.2) is 5.65 Å². The van der Waals surface area contributed by atoms with Gasteiger partial charge in [-0.1, -0.05) is 19.8 Å². The fraction of sp³-hybridized carbons (Fsp3) is 0.636. The Morgan fingerprint density at radius 3 is 2.97 bits per heavy atom. The molecule has 156 valence electrons. The summed E-state index contributed by atoms with van der Waals surface area (Å²) in [4.78, 5) is 19.6. The molecule has 7 heteroatoms. The van der Waals surface area contributed by atoms with E-state index in [9.17, 15) is 10.1 Å². The summed E-state index contributed by atoms with van der Waals surface area (Å²) >= 11 is 0. The van der Waals surface area contributed by atoms with E-state index in [1.54, 1.807) is 10.7 Å². The van der Waals surface area contributed by atoms with Crippen LogP contribution >= 0.6 is 0 Å². The number of nitrogens with zero attached hydrogens (tertiary/aromatic N) is 5. The van der Waals surface area contributed by atoms with Crippen LogP contribution in [0.5, 0.6) is 0 Å². The number of nitrogens with one attached hydrogen (secondary N) is 1. The lowest BCUT2D eigenvalue weighted by Crippen LogP contribution is -2.47. The van der Waals surface area contributed by atoms with E-state index in [-0.39, 0.29) is 5.91 Å². The van der Waals surface area contributed by atoms with Gasteiger partial charge in [-0.05, 0) is 58.2 Å². The number of nitriles is 1. The molecule has 2 aromatic rings. The Morgan fingerprint density at radius 2 is 2.21 bits per heavy atom. The van der Waals surface area contributed by atoms with Gasteiger partial charge in [0.25, 0.3) is 0 Å². The number of hydrogen-bond donors (Lipinski definition) is 1. The minimum atomic E-state index is 0.0862. The smallest absolute Gasteiger partial charge is 0.220 e. The zero-order valence-electron chi connectivity index (χ0n) is 17.9. The molecule has 0 spiro atoms. The highest BCUT2D eigenvalue weighted by atomic mass is 16.1. The summed E-state index contributed by atoms with van der Waals surface area (Å²) in [6.07, 6.45) is 8.72. The molecule has 1 aliphatic heterocycles. The standard InChI is InChI=1S/C22H32N6O/c1-4-5-11-27-12-7-6-8-19(27)15-24-21(29)10-9-20-16(2)26-22-18(13-23)14-25-28(22)17(20)3/h14,19H,4-12,15H2,1-3H3,(H,24,29). The van der Waals surface area contributed by atoms with Crippen molar-refractivity contribution in [1.29, 1.82) is 5.26 Å². The van der Waals surface area contributed by atoms with Gasteiger partial charge in [-0.3, -0.25) is 9.69 Å². The predicted octanol–water partition coefficient (Wildman–Crippen LogP) is 2.92. The van der Waals surface area contributed by atoms with Crippen LogP contribution in [-0.2, 0) is 11.2 Å². The van der Waals surface area contributed by atoms with Crippen molar-refractivity contribution in [2.75, 3.05) is 19.6 Å². The lowest BCUT2D eigenvalue weighted by molar-refractivity contribution is -0.121. The van der Waals surface area contributed by atoms with Crippen LogP contribution in [0.2, 0.25) is 0 Å². The summed E-state index contributed by atoms with van der Waals surface area (Å²) in [5.41, 5.74) is 3.89. The Bertz CT molecular complexity index is 897. The largest absolute Gasteiger partial charge is 0.355 e. The molecule has 1 unspecified atom stereocenters. The molecule has 3 heterocycles. The minimum absolute atomic E-state index is 0.0862. The van der Waals surface area contributed by atoms with Gasteiger partial charge < -0.3 is 5.32 Å². The molecule has 2 aromatic heterocycles. The van der Waals surface area contributed by atoms with Crippen LogP contribution in [0.3, 0.4) is 0 Å². The summed E-state index contributed by atoms with van der Waals surface area (Å²) in [5.74, 6) is 0.0862. The molecule has 1 amide bonds. The monoisotopic (exact) mass is 396 g/mol. The Balaban J connectivity index is 1.57. The van der Waals surface area contributed by atoms with E-state index in [0.717, 1.165) is 36.6 Å². The quantitative estimate of drug-likeness (QED) is 0.741. The molecule has 29 heavy (non-hydrogen) atoms. The molecule has 1 atom stereocenters. The zero-order valence-corrected chi connectivity index (χ0v) is 17.9. The first kappa shape index (κ1) is 21.3. The Morgan fingerprint density at radius 1 is 1.38 bits per heavy atom. The first-order chi connectivity index (χ1) is 14.0. The molecule has 0 saturated carbocycles. The second-order valence-electron chi connectivity index (χ2n) is 8.01. The highest BCUT2D eigenvalue weighted by Gasteiger charge is 2.22. The first-order valence-corrected chi connectivity index (χ1v) is 10.8. The number of hydrogen-bond acceptors (Lipinski definition) is 5. The van der Waals surface area contributed by atoms with Crippen molar-refractivity contribution in [2.24, 2.45) is 0 Å². The summed E-state index contributed by atoms with van der Waals surface area (Å²) in [5, 5.41) is 16.6. The number of fused-ring (bicyclic) bond motifs is 1. The molecule has 1 fully saturated rings. The van der Waals surface area contributed by atoms with Crippen LogP contribution in [0.25, 0.3) is 5.65 Å². The average molecular weight is 397 g/mol. The molecule has 1 N–H and O–H groups in total. The second-order valence-corrected chi connectivity index (χ2v) is 8.01. The summed E-state index contributed by atoms with van der Waals surface area (Å²) < 4.78 is 1.70. The van der Waals surface area contributed by atoms with E-state index >= 15 is 0 Å². The van der Waals surface area contributed by atoms with Gasteiger partial charge in [-0.25, -0.2) is 9.50 Å². The number of rotatable bonds is 8. The van der Waals surface area contributed by atoms with Crippen molar-refractivity contribution in [3.8, 4) is 6.07 Å². The van der Waals surface area contributed by atoms with Gasteiger partial charge in [0.1, 0.15) is 11.6 Å². The van der Waals surface area contributed by atoms with Gasteiger partial charge in [0.2, 0.25) is 5.91 Å². The van der Waals surface area contributed by atoms with E-state index in [2.05, 4.69) is 33.3 Å². The molecular weight excluding hydrogens is 364 g/mol. The highest BCUT2D eigenvalue weighted by molar-refractivity contribution is 5.76. The van der Waals surface area contributed by atoms with E-state index in [1.807, 2.05) is 13.8 Å². The van der Waals surface area contributed by atoms with Crippen molar-refractivity contribution in [2.45, 2.75) is 71.8 Å². The lowest BCUT2D eigenvalue weighted by atomic mass is 10.0. The maximum absolute atomic E-state index is 12.5. The van der Waals surface area contributed by atoms with Gasteiger partial charge in [0, 0.05) is 30.4 Å². The number of carbonyl (C=O) groups is 1. The van der Waals surface area contributed by atoms with Gasteiger partial charge in [-0.2, -0.15) is 10.4 Å². The normalized spacial score (nSPS) is 17.4. The number of amides is 1. The third-order valence-corrected chi connectivity index (χ3v) is 6.01. The van der Waals surface area contributed by atoms with Crippen molar-refractivity contribution in [3.05, 3.63) is 28.7 Å². The van der Waals surface area contributed by atoms with Crippen LogP contribution in [0, 0.1) is 25.2 Å².